The van der Waals surface area contributed by atoms with Gasteiger partial charge in [-0.3, -0.25) is 9.48 Å². The lowest BCUT2D eigenvalue weighted by Crippen LogP contribution is -2.31. The maximum atomic E-state index is 13.7. The van der Waals surface area contributed by atoms with Crippen LogP contribution >= 0.6 is 11.8 Å². The van der Waals surface area contributed by atoms with Crippen molar-refractivity contribution >= 4 is 17.7 Å². The topological polar surface area (TPSA) is 46.9 Å². The number of amides is 1. The molecule has 0 fully saturated rings. The summed E-state index contributed by atoms with van der Waals surface area (Å²) in [5, 5.41) is 7.54. The van der Waals surface area contributed by atoms with Crippen LogP contribution in [0.15, 0.2) is 59.6 Å². The van der Waals surface area contributed by atoms with Crippen LogP contribution in [-0.4, -0.2) is 21.4 Å². The molecule has 4 rings (SSSR count). The summed E-state index contributed by atoms with van der Waals surface area (Å²) in [6.07, 6.45) is 3.13. The number of nitrogens with zero attached hydrogens (tertiary/aromatic N) is 2. The van der Waals surface area contributed by atoms with E-state index in [-0.39, 0.29) is 17.8 Å². The van der Waals surface area contributed by atoms with E-state index in [1.807, 2.05) is 41.9 Å². The second-order valence-corrected chi connectivity index (χ2v) is 7.98. The number of aromatic nitrogens is 2. The summed E-state index contributed by atoms with van der Waals surface area (Å²) in [5.74, 6) is 0.478. The van der Waals surface area contributed by atoms with Gasteiger partial charge in [-0.25, -0.2) is 4.39 Å². The Bertz CT molecular complexity index is 987. The Morgan fingerprint density at radius 2 is 2.11 bits per heavy atom. The molecule has 1 N–H and O–H groups in total. The first-order chi connectivity index (χ1) is 13.7. The fraction of sp³-hybridized carbons (Fsp3) is 0.273. The molecule has 4 nitrogen and oxygen atoms in total. The lowest BCUT2D eigenvalue weighted by molar-refractivity contribution is 0.0933. The maximum absolute atomic E-state index is 13.7. The number of rotatable bonds is 5. The summed E-state index contributed by atoms with van der Waals surface area (Å²) in [6, 6.07) is 14.7. The van der Waals surface area contributed by atoms with Crippen molar-refractivity contribution in [3.8, 4) is 0 Å². The summed E-state index contributed by atoms with van der Waals surface area (Å²) in [7, 11) is 0. The van der Waals surface area contributed by atoms with E-state index in [0.717, 1.165) is 33.9 Å². The zero-order chi connectivity index (χ0) is 19.5. The second kappa shape index (κ2) is 8.19. The van der Waals surface area contributed by atoms with E-state index in [4.69, 9.17) is 0 Å². The molecule has 3 aromatic rings. The van der Waals surface area contributed by atoms with Crippen LogP contribution in [0.4, 0.5) is 4.39 Å². The molecule has 2 aromatic carbocycles. The molecule has 6 heteroatoms. The summed E-state index contributed by atoms with van der Waals surface area (Å²) in [4.78, 5) is 14.0. The van der Waals surface area contributed by atoms with Crippen molar-refractivity contribution in [1.29, 1.82) is 0 Å². The Labute approximate surface area is 168 Å². The van der Waals surface area contributed by atoms with Crippen molar-refractivity contribution in [2.45, 2.75) is 37.2 Å². The summed E-state index contributed by atoms with van der Waals surface area (Å²) in [5.41, 5.74) is 3.50. The van der Waals surface area contributed by atoms with Gasteiger partial charge in [-0.05, 0) is 42.2 Å². The van der Waals surface area contributed by atoms with E-state index in [1.165, 1.54) is 12.1 Å². The molecule has 1 aromatic heterocycles. The Balaban J connectivity index is 1.56. The van der Waals surface area contributed by atoms with Crippen LogP contribution in [0.1, 0.15) is 46.6 Å². The quantitative estimate of drug-likeness (QED) is 0.687. The molecule has 0 radical (unpaired) electrons. The van der Waals surface area contributed by atoms with Gasteiger partial charge in [0.25, 0.3) is 5.91 Å². The summed E-state index contributed by atoms with van der Waals surface area (Å²) in [6.45, 7) is 2.66. The molecule has 0 saturated carbocycles. The number of carbonyl (C=O) groups is 1. The minimum Gasteiger partial charge on any atom is -0.345 e. The lowest BCUT2D eigenvalue weighted by atomic mass is 10.0. The molecular formula is C22H22FN3OS. The zero-order valence-electron chi connectivity index (χ0n) is 15.7. The van der Waals surface area contributed by atoms with E-state index < -0.39 is 0 Å². The average molecular weight is 396 g/mol. The van der Waals surface area contributed by atoms with E-state index in [9.17, 15) is 9.18 Å². The Morgan fingerprint density at radius 3 is 2.89 bits per heavy atom. The van der Waals surface area contributed by atoms with Gasteiger partial charge in [0, 0.05) is 10.6 Å². The minimum absolute atomic E-state index is 0.150. The van der Waals surface area contributed by atoms with Crippen LogP contribution in [0.25, 0.3) is 0 Å². The molecule has 0 aliphatic carbocycles. The average Bonchev–Trinajstić information content (AvgIpc) is 3.12. The summed E-state index contributed by atoms with van der Waals surface area (Å²) >= 11 is 1.70. The smallest absolute Gasteiger partial charge is 0.255 e. The highest BCUT2D eigenvalue weighted by molar-refractivity contribution is 7.99. The van der Waals surface area contributed by atoms with Gasteiger partial charge < -0.3 is 5.32 Å². The first-order valence-corrected chi connectivity index (χ1v) is 10.5. The Kier molecular flexibility index (Phi) is 5.48. The van der Waals surface area contributed by atoms with Crippen molar-refractivity contribution < 1.29 is 9.18 Å². The van der Waals surface area contributed by atoms with E-state index in [2.05, 4.69) is 10.4 Å². The first-order valence-electron chi connectivity index (χ1n) is 9.47. The minimum atomic E-state index is -0.273. The highest BCUT2D eigenvalue weighted by atomic mass is 32.2. The lowest BCUT2D eigenvalue weighted by Gasteiger charge is -2.26. The molecule has 1 amide bonds. The number of hydrogen-bond donors (Lipinski definition) is 1. The molecular weight excluding hydrogens is 373 g/mol. The monoisotopic (exact) mass is 395 g/mol. The van der Waals surface area contributed by atoms with Crippen LogP contribution in [0, 0.1) is 5.82 Å². The number of thioether (sulfide) groups is 1. The van der Waals surface area contributed by atoms with Gasteiger partial charge in [-0.15, -0.1) is 11.8 Å². The predicted molar refractivity (Wildman–Crippen MR) is 109 cm³/mol. The van der Waals surface area contributed by atoms with Crippen molar-refractivity contribution in [1.82, 2.24) is 15.1 Å². The normalized spacial score (nSPS) is 15.9. The van der Waals surface area contributed by atoms with Crippen molar-refractivity contribution in [3.05, 3.63) is 82.9 Å². The summed E-state index contributed by atoms with van der Waals surface area (Å²) < 4.78 is 15.6. The largest absolute Gasteiger partial charge is 0.345 e. The number of hydrogen-bond acceptors (Lipinski definition) is 3. The predicted octanol–water partition coefficient (Wildman–Crippen LogP) is 4.60. The molecule has 144 valence electrons. The Hall–Kier alpha value is -2.60. The van der Waals surface area contributed by atoms with Crippen molar-refractivity contribution in [2.75, 3.05) is 5.75 Å². The first kappa shape index (κ1) is 18.7. The number of nitrogens with one attached hydrogen (secondary N) is 1. The number of fused-ring (bicyclic) bond motifs is 1. The fourth-order valence-corrected chi connectivity index (χ4v) is 4.72. The maximum Gasteiger partial charge on any atom is 0.255 e. The molecule has 1 aliphatic heterocycles. The molecule has 1 atom stereocenters. The van der Waals surface area contributed by atoms with Crippen LogP contribution in [0.3, 0.4) is 0 Å². The molecule has 0 spiro atoms. The van der Waals surface area contributed by atoms with Gasteiger partial charge in [0.15, 0.2) is 0 Å². The van der Waals surface area contributed by atoms with Crippen molar-refractivity contribution in [3.63, 3.8) is 0 Å². The van der Waals surface area contributed by atoms with Gasteiger partial charge in [0.05, 0.1) is 30.0 Å². The standard InChI is InChI=1S/C22H22FN3OS/c1-2-20-18(13-24-26(20)14-15-6-4-3-5-7-15)22(27)25-19-10-11-28-21-9-8-16(23)12-17(19)21/h3-9,12-13,19H,2,10-11,14H2,1H3,(H,25,27). The van der Waals surface area contributed by atoms with E-state index in [1.54, 1.807) is 24.0 Å². The molecule has 28 heavy (non-hydrogen) atoms. The number of benzene rings is 2. The molecule has 2 heterocycles. The van der Waals surface area contributed by atoms with Crippen LogP contribution in [-0.2, 0) is 13.0 Å². The van der Waals surface area contributed by atoms with Crippen molar-refractivity contribution in [2.24, 2.45) is 0 Å². The van der Waals surface area contributed by atoms with Crippen LogP contribution < -0.4 is 5.32 Å². The fourth-order valence-electron chi connectivity index (χ4n) is 3.62. The van der Waals surface area contributed by atoms with Gasteiger partial charge in [-0.1, -0.05) is 37.3 Å². The SMILES string of the molecule is CCc1c(C(=O)NC2CCSc3ccc(F)cc32)cnn1Cc1ccccc1. The van der Waals surface area contributed by atoms with Crippen LogP contribution in [0.5, 0.6) is 0 Å². The van der Waals surface area contributed by atoms with Gasteiger partial charge in [-0.2, -0.15) is 5.10 Å². The number of halogens is 1. The van der Waals surface area contributed by atoms with E-state index >= 15 is 0 Å². The third-order valence-corrected chi connectivity index (χ3v) is 6.14. The van der Waals surface area contributed by atoms with Gasteiger partial charge in [0.1, 0.15) is 5.82 Å². The highest BCUT2D eigenvalue weighted by Crippen LogP contribution is 2.36. The third-order valence-electron chi connectivity index (χ3n) is 5.02. The Morgan fingerprint density at radius 1 is 1.29 bits per heavy atom. The van der Waals surface area contributed by atoms with Crippen LogP contribution in [0.2, 0.25) is 0 Å². The molecule has 1 unspecified atom stereocenters. The zero-order valence-corrected chi connectivity index (χ0v) is 16.5. The van der Waals surface area contributed by atoms with Gasteiger partial charge in [0.2, 0.25) is 0 Å². The van der Waals surface area contributed by atoms with Gasteiger partial charge >= 0.3 is 0 Å². The highest BCUT2D eigenvalue weighted by Gasteiger charge is 2.25. The number of carbonyl (C=O) groups excluding carboxylic acids is 1. The molecule has 0 saturated heterocycles. The second-order valence-electron chi connectivity index (χ2n) is 6.85. The molecule has 1 aliphatic rings. The van der Waals surface area contributed by atoms with E-state index in [0.29, 0.717) is 18.5 Å². The molecule has 0 bridgehead atoms. The third kappa shape index (κ3) is 3.83.